The van der Waals surface area contributed by atoms with E-state index in [-0.39, 0.29) is 6.09 Å². The van der Waals surface area contributed by atoms with Crippen molar-refractivity contribution in [3.05, 3.63) is 24.3 Å². The highest BCUT2D eigenvalue weighted by molar-refractivity contribution is 5.69. The Bertz CT molecular complexity index is 568. The molecule has 0 radical (unpaired) electrons. The number of amides is 1. The van der Waals surface area contributed by atoms with Gasteiger partial charge >= 0.3 is 6.09 Å². The lowest BCUT2D eigenvalue weighted by Gasteiger charge is -2.37. The van der Waals surface area contributed by atoms with E-state index in [1.165, 1.54) is 24.2 Å². The predicted molar refractivity (Wildman–Crippen MR) is 97.9 cm³/mol. The van der Waals surface area contributed by atoms with Crippen LogP contribution in [-0.2, 0) is 4.74 Å². The third-order valence-corrected chi connectivity index (χ3v) is 4.60. The highest BCUT2D eigenvalue weighted by Gasteiger charge is 2.26. The minimum atomic E-state index is -0.432. The summed E-state index contributed by atoms with van der Waals surface area (Å²) >= 11 is 0. The Balaban J connectivity index is 1.58. The van der Waals surface area contributed by atoms with Gasteiger partial charge in [0.2, 0.25) is 0 Å². The molecule has 5 nitrogen and oxygen atoms in total. The first-order chi connectivity index (χ1) is 11.4. The largest absolute Gasteiger partial charge is 0.444 e. The molecular weight excluding hydrogens is 302 g/mol. The summed E-state index contributed by atoms with van der Waals surface area (Å²) in [5.41, 5.74) is 2.14. The van der Waals surface area contributed by atoms with Crippen molar-refractivity contribution in [2.24, 2.45) is 0 Å². The van der Waals surface area contributed by atoms with Gasteiger partial charge in [0.05, 0.1) is 0 Å². The Kier molecular flexibility index (Phi) is 4.88. The van der Waals surface area contributed by atoms with Crippen LogP contribution < -0.4 is 9.80 Å². The zero-order valence-electron chi connectivity index (χ0n) is 15.1. The van der Waals surface area contributed by atoms with Gasteiger partial charge in [0.1, 0.15) is 5.60 Å². The van der Waals surface area contributed by atoms with Crippen molar-refractivity contribution in [3.63, 3.8) is 0 Å². The van der Waals surface area contributed by atoms with Crippen molar-refractivity contribution in [2.45, 2.75) is 39.2 Å². The number of carbonyl (C=O) groups excluding carboxylic acids is 1. The zero-order valence-corrected chi connectivity index (χ0v) is 15.1. The maximum Gasteiger partial charge on any atom is 0.410 e. The molecule has 132 valence electrons. The van der Waals surface area contributed by atoms with Crippen LogP contribution in [0.3, 0.4) is 0 Å². The summed E-state index contributed by atoms with van der Waals surface area (Å²) in [6, 6.07) is 8.80. The summed E-state index contributed by atoms with van der Waals surface area (Å²) in [6.07, 6.45) is 2.38. The van der Waals surface area contributed by atoms with Gasteiger partial charge in [0.15, 0.2) is 0 Å². The topological polar surface area (TPSA) is 36.0 Å². The van der Waals surface area contributed by atoms with Crippen molar-refractivity contribution in [1.82, 2.24) is 4.90 Å². The molecule has 1 aromatic rings. The number of hydrogen-bond donors (Lipinski definition) is 0. The van der Waals surface area contributed by atoms with E-state index in [9.17, 15) is 4.79 Å². The molecule has 2 fully saturated rings. The van der Waals surface area contributed by atoms with Gasteiger partial charge in [-0.15, -0.1) is 0 Å². The number of hydrogen-bond acceptors (Lipinski definition) is 4. The minimum Gasteiger partial charge on any atom is -0.444 e. The minimum absolute atomic E-state index is 0.201. The van der Waals surface area contributed by atoms with Gasteiger partial charge in [-0.05, 0) is 51.8 Å². The summed E-state index contributed by atoms with van der Waals surface area (Å²) in [4.78, 5) is 18.8. The lowest BCUT2D eigenvalue weighted by molar-refractivity contribution is 0.0240. The molecule has 2 aliphatic heterocycles. The van der Waals surface area contributed by atoms with E-state index in [0.717, 1.165) is 26.2 Å². The van der Waals surface area contributed by atoms with E-state index in [1.807, 2.05) is 25.7 Å². The maximum atomic E-state index is 12.2. The summed E-state index contributed by atoms with van der Waals surface area (Å²) in [5, 5.41) is 0. The molecule has 1 aromatic carbocycles. The lowest BCUT2D eigenvalue weighted by atomic mass is 10.2. The quantitative estimate of drug-likeness (QED) is 0.833. The second-order valence-electron chi connectivity index (χ2n) is 7.67. The van der Waals surface area contributed by atoms with Crippen LogP contribution in [-0.4, -0.2) is 55.9 Å². The molecule has 1 amide bonds. The predicted octanol–water partition coefficient (Wildman–Crippen LogP) is 3.34. The highest BCUT2D eigenvalue weighted by atomic mass is 16.6. The molecule has 0 atom stereocenters. The Morgan fingerprint density at radius 1 is 0.917 bits per heavy atom. The first kappa shape index (κ1) is 16.9. The molecule has 0 aliphatic carbocycles. The molecule has 2 aliphatic rings. The molecule has 0 N–H and O–H groups in total. The first-order valence-electron chi connectivity index (χ1n) is 9.00. The molecule has 0 aromatic heterocycles. The van der Waals surface area contributed by atoms with Crippen molar-refractivity contribution >= 4 is 17.5 Å². The number of benzene rings is 1. The highest BCUT2D eigenvalue weighted by Crippen LogP contribution is 2.26. The van der Waals surface area contributed by atoms with E-state index < -0.39 is 5.60 Å². The molecule has 0 spiro atoms. The fraction of sp³-hybridized carbons (Fsp3) is 0.632. The van der Waals surface area contributed by atoms with Crippen LogP contribution in [0.1, 0.15) is 33.6 Å². The van der Waals surface area contributed by atoms with E-state index in [2.05, 4.69) is 34.1 Å². The van der Waals surface area contributed by atoms with E-state index >= 15 is 0 Å². The van der Waals surface area contributed by atoms with E-state index in [1.54, 1.807) is 0 Å². The Morgan fingerprint density at radius 2 is 1.46 bits per heavy atom. The average molecular weight is 331 g/mol. The molecule has 3 rings (SSSR count). The van der Waals surface area contributed by atoms with Gasteiger partial charge in [-0.2, -0.15) is 0 Å². The first-order valence-corrected chi connectivity index (χ1v) is 9.00. The van der Waals surface area contributed by atoms with Crippen molar-refractivity contribution in [3.8, 4) is 0 Å². The summed E-state index contributed by atoms with van der Waals surface area (Å²) < 4.78 is 5.47. The third kappa shape index (κ3) is 4.13. The smallest absolute Gasteiger partial charge is 0.410 e. The third-order valence-electron chi connectivity index (χ3n) is 4.60. The van der Waals surface area contributed by atoms with Gasteiger partial charge in [0.25, 0.3) is 0 Å². The SMILES string of the molecule is CC(C)(C)OC(=O)N1CCN(c2cccc(N3CCCC3)c2)CC1. The Morgan fingerprint density at radius 3 is 2.00 bits per heavy atom. The number of nitrogens with zero attached hydrogens (tertiary/aromatic N) is 3. The normalized spacial score (nSPS) is 18.9. The number of rotatable bonds is 2. The summed E-state index contributed by atoms with van der Waals surface area (Å²) in [5.74, 6) is 0. The van der Waals surface area contributed by atoms with Crippen LogP contribution in [0.15, 0.2) is 24.3 Å². The van der Waals surface area contributed by atoms with Crippen molar-refractivity contribution in [1.29, 1.82) is 0 Å². The van der Waals surface area contributed by atoms with Crippen LogP contribution in [0, 0.1) is 0 Å². The monoisotopic (exact) mass is 331 g/mol. The van der Waals surface area contributed by atoms with E-state index in [0.29, 0.717) is 13.1 Å². The van der Waals surface area contributed by atoms with Crippen LogP contribution >= 0.6 is 0 Å². The van der Waals surface area contributed by atoms with Gasteiger partial charge in [-0.25, -0.2) is 4.79 Å². The molecule has 0 unspecified atom stereocenters. The fourth-order valence-corrected chi connectivity index (χ4v) is 3.34. The number of piperazine rings is 1. The van der Waals surface area contributed by atoms with E-state index in [4.69, 9.17) is 4.74 Å². The lowest BCUT2D eigenvalue weighted by Crippen LogP contribution is -2.50. The molecule has 0 saturated carbocycles. The van der Waals surface area contributed by atoms with Gasteiger partial charge < -0.3 is 19.4 Å². The van der Waals surface area contributed by atoms with Crippen molar-refractivity contribution < 1.29 is 9.53 Å². The zero-order chi connectivity index (χ0) is 17.2. The standard InChI is InChI=1S/C19H29N3O2/c1-19(2,3)24-18(23)22-13-11-21(12-14-22)17-8-6-7-16(15-17)20-9-4-5-10-20/h6-8,15H,4-5,9-14H2,1-3H3. The van der Waals surface area contributed by atoms with Crippen LogP contribution in [0.25, 0.3) is 0 Å². The second-order valence-corrected chi connectivity index (χ2v) is 7.67. The fourth-order valence-electron chi connectivity index (χ4n) is 3.34. The van der Waals surface area contributed by atoms with Crippen molar-refractivity contribution in [2.75, 3.05) is 49.1 Å². The summed E-state index contributed by atoms with van der Waals surface area (Å²) in [6.45, 7) is 11.2. The molecule has 2 saturated heterocycles. The number of ether oxygens (including phenoxy) is 1. The van der Waals surface area contributed by atoms with Crippen LogP contribution in [0.4, 0.5) is 16.2 Å². The molecule has 24 heavy (non-hydrogen) atoms. The molecule has 2 heterocycles. The second kappa shape index (κ2) is 6.91. The van der Waals surface area contributed by atoms with Crippen LogP contribution in [0.5, 0.6) is 0 Å². The maximum absolute atomic E-state index is 12.2. The Hall–Kier alpha value is -1.91. The number of carbonyl (C=O) groups is 1. The molecular formula is C19H29N3O2. The van der Waals surface area contributed by atoms with Gasteiger partial charge in [-0.1, -0.05) is 6.07 Å². The van der Waals surface area contributed by atoms with Crippen LogP contribution in [0.2, 0.25) is 0 Å². The number of anilines is 2. The Labute approximate surface area is 145 Å². The van der Waals surface area contributed by atoms with Gasteiger partial charge in [0, 0.05) is 50.6 Å². The molecule has 0 bridgehead atoms. The molecule has 5 heteroatoms. The average Bonchev–Trinajstić information content (AvgIpc) is 3.08. The summed E-state index contributed by atoms with van der Waals surface area (Å²) in [7, 11) is 0. The van der Waals surface area contributed by atoms with Gasteiger partial charge in [-0.3, -0.25) is 0 Å².